The van der Waals surface area contributed by atoms with Gasteiger partial charge in [-0.2, -0.15) is 0 Å². The summed E-state index contributed by atoms with van der Waals surface area (Å²) in [5.74, 6) is -1.01. The van der Waals surface area contributed by atoms with Gasteiger partial charge < -0.3 is 15.1 Å². The molecule has 1 aromatic rings. The molecule has 0 aliphatic carbocycles. The Hall–Kier alpha value is -2.04. The van der Waals surface area contributed by atoms with Crippen molar-refractivity contribution in [2.24, 2.45) is 5.92 Å². The first-order valence-electron chi connectivity index (χ1n) is 6.77. The maximum absolute atomic E-state index is 12.3. The first-order chi connectivity index (χ1) is 9.47. The summed E-state index contributed by atoms with van der Waals surface area (Å²) in [4.78, 5) is 25.0. The normalized spacial score (nSPS) is 22.6. The number of benzene rings is 1. The van der Waals surface area contributed by atoms with Gasteiger partial charge in [0.1, 0.15) is 5.75 Å². The van der Waals surface area contributed by atoms with Gasteiger partial charge in [0, 0.05) is 12.6 Å². The van der Waals surface area contributed by atoms with Crippen LogP contribution in [0.1, 0.15) is 25.3 Å². The van der Waals surface area contributed by atoms with Crippen LogP contribution in [0.25, 0.3) is 0 Å². The molecule has 1 amide bonds. The minimum absolute atomic E-state index is 0.0214. The molecule has 1 aliphatic heterocycles. The molecule has 2 atom stereocenters. The van der Waals surface area contributed by atoms with E-state index in [1.54, 1.807) is 29.2 Å². The van der Waals surface area contributed by atoms with Crippen LogP contribution in [0, 0.1) is 5.92 Å². The summed E-state index contributed by atoms with van der Waals surface area (Å²) in [6, 6.07) is 6.58. The highest BCUT2D eigenvalue weighted by molar-refractivity contribution is 5.79. The molecule has 2 unspecified atom stereocenters. The second kappa shape index (κ2) is 5.94. The van der Waals surface area contributed by atoms with Crippen LogP contribution < -0.4 is 0 Å². The van der Waals surface area contributed by atoms with E-state index in [0.717, 1.165) is 5.56 Å². The highest BCUT2D eigenvalue weighted by atomic mass is 16.4. The number of hydrogen-bond donors (Lipinski definition) is 2. The summed E-state index contributed by atoms with van der Waals surface area (Å²) in [7, 11) is 0. The molecule has 5 nitrogen and oxygen atoms in total. The zero-order chi connectivity index (χ0) is 14.7. The quantitative estimate of drug-likeness (QED) is 0.880. The van der Waals surface area contributed by atoms with E-state index in [4.69, 9.17) is 5.11 Å². The van der Waals surface area contributed by atoms with Crippen molar-refractivity contribution in [3.8, 4) is 5.75 Å². The fraction of sp³-hybridized carbons (Fsp3) is 0.467. The number of phenols is 1. The topological polar surface area (TPSA) is 77.8 Å². The lowest BCUT2D eigenvalue weighted by Crippen LogP contribution is -2.46. The lowest BCUT2D eigenvalue weighted by molar-refractivity contribution is -0.147. The van der Waals surface area contributed by atoms with Crippen LogP contribution in [0.5, 0.6) is 5.75 Å². The molecule has 0 radical (unpaired) electrons. The standard InChI is InChI=1S/C15H19NO4/c1-10-7-12(15(19)20)5-6-16(10)14(18)9-11-3-2-4-13(17)8-11/h2-4,8,10,12,17H,5-7,9H2,1H3,(H,19,20). The molecule has 1 heterocycles. The second-order valence-corrected chi connectivity index (χ2v) is 5.34. The summed E-state index contributed by atoms with van der Waals surface area (Å²) >= 11 is 0. The Morgan fingerprint density at radius 1 is 1.40 bits per heavy atom. The fourth-order valence-electron chi connectivity index (χ4n) is 2.71. The Morgan fingerprint density at radius 2 is 2.15 bits per heavy atom. The number of aromatic hydroxyl groups is 1. The monoisotopic (exact) mass is 277 g/mol. The van der Waals surface area contributed by atoms with E-state index in [2.05, 4.69) is 0 Å². The van der Waals surface area contributed by atoms with Gasteiger partial charge in [-0.1, -0.05) is 12.1 Å². The largest absolute Gasteiger partial charge is 0.508 e. The number of aliphatic carboxylic acids is 1. The molecule has 20 heavy (non-hydrogen) atoms. The van der Waals surface area contributed by atoms with Crippen LogP contribution in [0.2, 0.25) is 0 Å². The van der Waals surface area contributed by atoms with Crippen LogP contribution in [-0.2, 0) is 16.0 Å². The second-order valence-electron chi connectivity index (χ2n) is 5.34. The molecule has 108 valence electrons. The highest BCUT2D eigenvalue weighted by Gasteiger charge is 2.31. The summed E-state index contributed by atoms with van der Waals surface area (Å²) in [5, 5.41) is 18.4. The van der Waals surface area contributed by atoms with Gasteiger partial charge in [-0.3, -0.25) is 9.59 Å². The Balaban J connectivity index is 1.98. The number of nitrogens with zero attached hydrogens (tertiary/aromatic N) is 1. The molecule has 2 N–H and O–H groups in total. The molecule has 0 bridgehead atoms. The van der Waals surface area contributed by atoms with Crippen molar-refractivity contribution >= 4 is 11.9 Å². The maximum atomic E-state index is 12.3. The number of likely N-dealkylation sites (tertiary alicyclic amines) is 1. The summed E-state index contributed by atoms with van der Waals surface area (Å²) in [6.45, 7) is 2.37. The van der Waals surface area contributed by atoms with Crippen molar-refractivity contribution in [3.05, 3.63) is 29.8 Å². The minimum atomic E-state index is -0.781. The predicted octanol–water partition coefficient (Wildman–Crippen LogP) is 1.65. The van der Waals surface area contributed by atoms with Crippen LogP contribution in [0.15, 0.2) is 24.3 Å². The molecule has 1 fully saturated rings. The highest BCUT2D eigenvalue weighted by Crippen LogP contribution is 2.24. The van der Waals surface area contributed by atoms with E-state index in [-0.39, 0.29) is 30.0 Å². The molecule has 5 heteroatoms. The van der Waals surface area contributed by atoms with Crippen molar-refractivity contribution in [3.63, 3.8) is 0 Å². The Labute approximate surface area is 117 Å². The number of carboxylic acids is 1. The lowest BCUT2D eigenvalue weighted by atomic mass is 9.91. The van der Waals surface area contributed by atoms with E-state index >= 15 is 0 Å². The van der Waals surface area contributed by atoms with E-state index in [1.807, 2.05) is 6.92 Å². The Bertz CT molecular complexity index is 514. The van der Waals surface area contributed by atoms with Gasteiger partial charge >= 0.3 is 5.97 Å². The zero-order valence-electron chi connectivity index (χ0n) is 11.5. The molecule has 1 aliphatic rings. The number of carbonyl (C=O) groups is 2. The molecule has 1 saturated heterocycles. The van der Waals surface area contributed by atoms with Gasteiger partial charge in [0.25, 0.3) is 0 Å². The number of amides is 1. The molecule has 0 saturated carbocycles. The maximum Gasteiger partial charge on any atom is 0.306 e. The van der Waals surface area contributed by atoms with E-state index in [1.165, 1.54) is 0 Å². The van der Waals surface area contributed by atoms with Crippen molar-refractivity contribution in [1.29, 1.82) is 0 Å². The van der Waals surface area contributed by atoms with Crippen molar-refractivity contribution in [1.82, 2.24) is 4.90 Å². The van der Waals surface area contributed by atoms with Gasteiger partial charge in [0.15, 0.2) is 0 Å². The minimum Gasteiger partial charge on any atom is -0.508 e. The van der Waals surface area contributed by atoms with E-state index in [0.29, 0.717) is 19.4 Å². The number of rotatable bonds is 3. The van der Waals surface area contributed by atoms with Gasteiger partial charge in [-0.05, 0) is 37.5 Å². The fourth-order valence-corrected chi connectivity index (χ4v) is 2.71. The number of piperidine rings is 1. The smallest absolute Gasteiger partial charge is 0.306 e. The number of hydrogen-bond acceptors (Lipinski definition) is 3. The third kappa shape index (κ3) is 3.29. The van der Waals surface area contributed by atoms with Crippen LogP contribution in [-0.4, -0.2) is 39.6 Å². The van der Waals surface area contributed by atoms with Crippen molar-refractivity contribution in [2.75, 3.05) is 6.54 Å². The average Bonchev–Trinajstić information content (AvgIpc) is 2.38. The SMILES string of the molecule is CC1CC(C(=O)O)CCN1C(=O)Cc1cccc(O)c1. The van der Waals surface area contributed by atoms with Crippen LogP contribution in [0.4, 0.5) is 0 Å². The molecule has 1 aromatic carbocycles. The summed E-state index contributed by atoms with van der Waals surface area (Å²) in [5.41, 5.74) is 0.766. The first kappa shape index (κ1) is 14.4. The third-order valence-electron chi connectivity index (χ3n) is 3.81. The summed E-state index contributed by atoms with van der Waals surface area (Å²) in [6.07, 6.45) is 1.24. The van der Waals surface area contributed by atoms with Crippen LogP contribution in [0.3, 0.4) is 0 Å². The Morgan fingerprint density at radius 3 is 2.75 bits per heavy atom. The Kier molecular flexibility index (Phi) is 4.27. The molecule has 0 aromatic heterocycles. The van der Waals surface area contributed by atoms with Gasteiger partial charge in [-0.15, -0.1) is 0 Å². The van der Waals surface area contributed by atoms with Gasteiger partial charge in [0.05, 0.1) is 12.3 Å². The summed E-state index contributed by atoms with van der Waals surface area (Å²) < 4.78 is 0. The molecular formula is C15H19NO4. The molecular weight excluding hydrogens is 258 g/mol. The van der Waals surface area contributed by atoms with Gasteiger partial charge in [0.2, 0.25) is 5.91 Å². The van der Waals surface area contributed by atoms with Crippen molar-refractivity contribution in [2.45, 2.75) is 32.2 Å². The molecule has 0 spiro atoms. The first-order valence-corrected chi connectivity index (χ1v) is 6.77. The molecule has 2 rings (SSSR count). The zero-order valence-corrected chi connectivity index (χ0v) is 11.5. The number of phenolic OH excluding ortho intramolecular Hbond substituents is 1. The van der Waals surface area contributed by atoms with E-state index < -0.39 is 5.97 Å². The average molecular weight is 277 g/mol. The third-order valence-corrected chi connectivity index (χ3v) is 3.81. The number of carbonyl (C=O) groups excluding carboxylic acids is 1. The van der Waals surface area contributed by atoms with E-state index in [9.17, 15) is 14.7 Å². The predicted molar refractivity (Wildman–Crippen MR) is 73.3 cm³/mol. The van der Waals surface area contributed by atoms with Gasteiger partial charge in [-0.25, -0.2) is 0 Å². The van der Waals surface area contributed by atoms with Crippen LogP contribution >= 0.6 is 0 Å². The van der Waals surface area contributed by atoms with Crippen molar-refractivity contribution < 1.29 is 19.8 Å². The lowest BCUT2D eigenvalue weighted by Gasteiger charge is -2.36. The number of carboxylic acid groups (broad SMARTS) is 1.